The normalized spacial score (nSPS) is 12.3. The number of aromatic nitrogens is 6. The summed E-state index contributed by atoms with van der Waals surface area (Å²) in [6.45, 7) is 6.19. The van der Waals surface area contributed by atoms with Gasteiger partial charge in [0.25, 0.3) is 0 Å². The Morgan fingerprint density at radius 1 is 1.36 bits per heavy atom. The van der Waals surface area contributed by atoms with Crippen molar-refractivity contribution in [3.8, 4) is 5.88 Å². The highest BCUT2D eigenvalue weighted by Gasteiger charge is 2.27. The van der Waals surface area contributed by atoms with Gasteiger partial charge in [-0.05, 0) is 28.8 Å². The molecule has 28 heavy (non-hydrogen) atoms. The molecule has 0 saturated carbocycles. The minimum absolute atomic E-state index is 0.000900. The number of aromatic amines is 1. The number of carbonyl (C=O) groups is 1. The number of nitrogens with one attached hydrogen (secondary N) is 2. The third kappa shape index (κ3) is 4.50. The number of H-pyrrole nitrogens is 1. The van der Waals surface area contributed by atoms with Gasteiger partial charge in [0.1, 0.15) is 10.5 Å². The molecular weight excluding hydrogens is 448 g/mol. The van der Waals surface area contributed by atoms with Crippen LogP contribution in [-0.4, -0.2) is 47.7 Å². The van der Waals surface area contributed by atoms with Crippen molar-refractivity contribution in [3.63, 3.8) is 0 Å². The lowest BCUT2D eigenvalue weighted by Crippen LogP contribution is -2.30. The molecule has 148 valence electrons. The molecule has 0 aliphatic heterocycles. The first-order valence-electron chi connectivity index (χ1n) is 8.48. The number of halogens is 1. The van der Waals surface area contributed by atoms with E-state index in [0.717, 1.165) is 0 Å². The van der Waals surface area contributed by atoms with Gasteiger partial charge in [-0.1, -0.05) is 25.6 Å². The number of rotatable bonds is 7. The number of anilines is 2. The number of imidazole rings is 1. The highest BCUT2D eigenvalue weighted by atomic mass is 79.9. The zero-order valence-electron chi connectivity index (χ0n) is 15.4. The van der Waals surface area contributed by atoms with Crippen LogP contribution in [0.25, 0.3) is 11.2 Å². The van der Waals surface area contributed by atoms with Gasteiger partial charge >= 0.3 is 0 Å². The second-order valence-corrected chi connectivity index (χ2v) is 8.02. The van der Waals surface area contributed by atoms with E-state index in [1.807, 2.05) is 20.8 Å². The summed E-state index contributed by atoms with van der Waals surface area (Å²) in [4.78, 5) is 36.7. The summed E-state index contributed by atoms with van der Waals surface area (Å²) < 4.78 is 6.03. The number of nitrogen functional groups attached to an aromatic ring is 1. The molecule has 3 rings (SSSR count). The fourth-order valence-electron chi connectivity index (χ4n) is 2.35. The lowest BCUT2D eigenvalue weighted by Gasteiger charge is -2.19. The average molecular weight is 467 g/mol. The van der Waals surface area contributed by atoms with Crippen LogP contribution in [0.2, 0.25) is 0 Å². The van der Waals surface area contributed by atoms with Crippen molar-refractivity contribution in [2.45, 2.75) is 31.0 Å². The monoisotopic (exact) mass is 466 g/mol. The molecule has 3 aromatic heterocycles. The molecule has 0 aromatic carbocycles. The maximum absolute atomic E-state index is 12.9. The van der Waals surface area contributed by atoms with Gasteiger partial charge in [0, 0.05) is 0 Å². The number of carbonyl (C=O) groups excluding carboxylic acids is 1. The highest BCUT2D eigenvalue weighted by Crippen LogP contribution is 2.32. The number of hydrogen-bond acceptors (Lipinski definition) is 9. The first-order chi connectivity index (χ1) is 13.4. The van der Waals surface area contributed by atoms with Gasteiger partial charge in [0.05, 0.1) is 28.9 Å². The van der Waals surface area contributed by atoms with Crippen LogP contribution in [-0.2, 0) is 4.79 Å². The number of nitrogens with zero attached hydrogens (tertiary/aromatic N) is 5. The lowest BCUT2D eigenvalue weighted by molar-refractivity contribution is -0.116. The Bertz CT molecular complexity index is 996. The molecule has 0 saturated heterocycles. The van der Waals surface area contributed by atoms with Crippen LogP contribution in [0.3, 0.4) is 0 Å². The second-order valence-electron chi connectivity index (χ2n) is 6.04. The van der Waals surface area contributed by atoms with Gasteiger partial charge in [-0.15, -0.1) is 0 Å². The maximum Gasteiger partial charge on any atom is 0.240 e. The zero-order chi connectivity index (χ0) is 20.3. The van der Waals surface area contributed by atoms with Gasteiger partial charge in [-0.3, -0.25) is 10.1 Å². The van der Waals surface area contributed by atoms with Crippen molar-refractivity contribution in [2.75, 3.05) is 17.7 Å². The molecule has 3 heterocycles. The van der Waals surface area contributed by atoms with E-state index in [2.05, 4.69) is 51.2 Å². The maximum atomic E-state index is 12.9. The summed E-state index contributed by atoms with van der Waals surface area (Å²) in [5, 5.41) is 2.83. The van der Waals surface area contributed by atoms with Gasteiger partial charge < -0.3 is 15.5 Å². The Morgan fingerprint density at radius 3 is 2.86 bits per heavy atom. The standard InChI is InChI=1S/C16H19BrN8O2S/c1-4-27-13-8(17)5-19-16(24-13)23-12(26)10(7(2)3)28-14-9-11(21-6-20-9)22-15(18)25-14/h5-7,10H,4H2,1-3H3,(H,19,23,24,26)(H3,18,20,21,22,25)/t10-/m0/s1. The molecule has 0 bridgehead atoms. The summed E-state index contributed by atoms with van der Waals surface area (Å²) in [5.74, 6) is 0.374. The van der Waals surface area contributed by atoms with E-state index in [1.165, 1.54) is 24.3 Å². The Balaban J connectivity index is 1.83. The van der Waals surface area contributed by atoms with Crippen molar-refractivity contribution in [2.24, 2.45) is 5.92 Å². The fourth-order valence-corrected chi connectivity index (χ4v) is 3.75. The number of hydrogen-bond donors (Lipinski definition) is 3. The van der Waals surface area contributed by atoms with Gasteiger partial charge in [-0.25, -0.2) is 15.0 Å². The van der Waals surface area contributed by atoms with Crippen molar-refractivity contribution in [1.82, 2.24) is 29.9 Å². The first kappa shape index (κ1) is 20.3. The predicted octanol–water partition coefficient (Wildman–Crippen LogP) is 2.64. The quantitative estimate of drug-likeness (QED) is 0.353. The van der Waals surface area contributed by atoms with Crippen LogP contribution in [0.4, 0.5) is 11.9 Å². The SMILES string of the molecule is CCOc1nc(NC(=O)[C@@H](Sc2nc(N)nc3nc[nH]c23)C(C)C)ncc1Br. The van der Waals surface area contributed by atoms with Crippen molar-refractivity contribution < 1.29 is 9.53 Å². The summed E-state index contributed by atoms with van der Waals surface area (Å²) in [5.41, 5.74) is 6.86. The minimum atomic E-state index is -0.469. The van der Waals surface area contributed by atoms with Crippen molar-refractivity contribution in [1.29, 1.82) is 0 Å². The Hall–Kier alpha value is -2.47. The summed E-state index contributed by atoms with van der Waals surface area (Å²) in [6, 6.07) is 0. The van der Waals surface area contributed by atoms with Gasteiger partial charge in [0.15, 0.2) is 5.65 Å². The largest absolute Gasteiger partial charge is 0.477 e. The van der Waals surface area contributed by atoms with Crippen LogP contribution in [0, 0.1) is 5.92 Å². The molecular formula is C16H19BrN8O2S. The number of amides is 1. The number of ether oxygens (including phenoxy) is 1. The van der Waals surface area contributed by atoms with Crippen molar-refractivity contribution in [3.05, 3.63) is 17.0 Å². The number of thioether (sulfide) groups is 1. The number of fused-ring (bicyclic) bond motifs is 1. The van der Waals surface area contributed by atoms with Crippen LogP contribution < -0.4 is 15.8 Å². The second kappa shape index (κ2) is 8.69. The fraction of sp³-hybridized carbons (Fsp3) is 0.375. The van der Waals surface area contributed by atoms with Crippen molar-refractivity contribution >= 4 is 56.7 Å². The van der Waals surface area contributed by atoms with Crippen LogP contribution in [0.5, 0.6) is 5.88 Å². The molecule has 4 N–H and O–H groups in total. The molecule has 0 aliphatic carbocycles. The molecule has 0 unspecified atom stereocenters. The van der Waals surface area contributed by atoms with Crippen LogP contribution in [0.15, 0.2) is 22.0 Å². The van der Waals surface area contributed by atoms with E-state index >= 15 is 0 Å². The number of nitrogens with two attached hydrogens (primary N) is 1. The van der Waals surface area contributed by atoms with E-state index in [1.54, 1.807) is 0 Å². The third-order valence-corrected chi connectivity index (χ3v) is 5.68. The molecule has 12 heteroatoms. The van der Waals surface area contributed by atoms with E-state index in [9.17, 15) is 4.79 Å². The topological polar surface area (TPSA) is 145 Å². The smallest absolute Gasteiger partial charge is 0.240 e. The molecule has 3 aromatic rings. The summed E-state index contributed by atoms with van der Waals surface area (Å²) in [6.07, 6.45) is 3.04. The van der Waals surface area contributed by atoms with Crippen LogP contribution >= 0.6 is 27.7 Å². The summed E-state index contributed by atoms with van der Waals surface area (Å²) >= 11 is 4.60. The predicted molar refractivity (Wildman–Crippen MR) is 110 cm³/mol. The van der Waals surface area contributed by atoms with E-state index < -0.39 is 5.25 Å². The Kier molecular flexibility index (Phi) is 6.29. The molecule has 0 radical (unpaired) electrons. The first-order valence-corrected chi connectivity index (χ1v) is 10.2. The van der Waals surface area contributed by atoms with E-state index in [0.29, 0.717) is 33.1 Å². The summed E-state index contributed by atoms with van der Waals surface area (Å²) in [7, 11) is 0. The lowest BCUT2D eigenvalue weighted by atomic mass is 10.1. The molecule has 0 aliphatic rings. The Labute approximate surface area is 173 Å². The molecule has 0 spiro atoms. The van der Waals surface area contributed by atoms with Gasteiger partial charge in [-0.2, -0.15) is 9.97 Å². The highest BCUT2D eigenvalue weighted by molar-refractivity contribution is 9.10. The molecule has 1 atom stereocenters. The third-order valence-electron chi connectivity index (χ3n) is 3.60. The molecule has 10 nitrogen and oxygen atoms in total. The van der Waals surface area contributed by atoms with E-state index in [4.69, 9.17) is 10.5 Å². The zero-order valence-corrected chi connectivity index (χ0v) is 17.8. The van der Waals surface area contributed by atoms with Gasteiger partial charge in [0.2, 0.25) is 23.7 Å². The van der Waals surface area contributed by atoms with E-state index in [-0.39, 0.29) is 23.7 Å². The van der Waals surface area contributed by atoms with Crippen LogP contribution in [0.1, 0.15) is 20.8 Å². The average Bonchev–Trinajstić information content (AvgIpc) is 3.10. The molecule has 1 amide bonds. The minimum Gasteiger partial charge on any atom is -0.477 e. The molecule has 0 fully saturated rings. The Morgan fingerprint density at radius 2 is 2.14 bits per heavy atom.